The van der Waals surface area contributed by atoms with E-state index in [1.165, 1.54) is 56.7 Å². The summed E-state index contributed by atoms with van der Waals surface area (Å²) < 4.78 is 10.4. The van der Waals surface area contributed by atoms with Crippen LogP contribution < -0.4 is 29.9 Å². The minimum Gasteiger partial charge on any atom is -0.496 e. The largest absolute Gasteiger partial charge is 0.496 e. The number of rotatable bonds is 12. The Morgan fingerprint density at radius 2 is 1.64 bits per heavy atom. The summed E-state index contributed by atoms with van der Waals surface area (Å²) in [5, 5.41) is 23.1. The van der Waals surface area contributed by atoms with Gasteiger partial charge in [-0.1, -0.05) is 18.2 Å². The standard InChI is InChI=1S/C27H28N4O11/c1-41-19-8-5-9-20(42-2)24(19)25(38)26(39)29-16-11-30(22(35)14-33)17-6-3-4-7-18(17)31(27(16)40)12-21(34)28-15(13-32)10-23(36)37/h3-9,13,15-16,33H,10-12,14H2,1-2H3,(H,28,34)(H,29,39)(H,36,37). The van der Waals surface area contributed by atoms with E-state index in [-0.39, 0.29) is 34.7 Å². The van der Waals surface area contributed by atoms with Crippen molar-refractivity contribution in [3.05, 3.63) is 48.0 Å². The molecule has 0 saturated heterocycles. The molecule has 15 nitrogen and oxygen atoms in total. The van der Waals surface area contributed by atoms with Gasteiger partial charge < -0.3 is 40.0 Å². The highest BCUT2D eigenvalue weighted by atomic mass is 16.5. The maximum absolute atomic E-state index is 13.8. The number of hydrogen-bond acceptors (Lipinski definition) is 10. The number of carboxylic acids is 1. The summed E-state index contributed by atoms with van der Waals surface area (Å²) in [6.07, 6.45) is -0.474. The molecular formula is C27H28N4O11. The van der Waals surface area contributed by atoms with Crippen molar-refractivity contribution in [1.29, 1.82) is 0 Å². The zero-order valence-corrected chi connectivity index (χ0v) is 22.6. The Balaban J connectivity index is 1.99. The van der Waals surface area contributed by atoms with Crippen LogP contribution in [0, 0.1) is 0 Å². The van der Waals surface area contributed by atoms with Gasteiger partial charge in [-0.05, 0) is 24.3 Å². The summed E-state index contributed by atoms with van der Waals surface area (Å²) in [6, 6.07) is 7.29. The predicted octanol–water partition coefficient (Wildman–Crippen LogP) is -1.10. The number of benzene rings is 2. The normalized spacial score (nSPS) is 15.0. The van der Waals surface area contributed by atoms with Gasteiger partial charge in [-0.2, -0.15) is 0 Å². The second kappa shape index (κ2) is 13.8. The van der Waals surface area contributed by atoms with Gasteiger partial charge >= 0.3 is 5.97 Å². The number of aliphatic hydroxyl groups excluding tert-OH is 1. The van der Waals surface area contributed by atoms with Crippen molar-refractivity contribution in [2.75, 3.05) is 43.7 Å². The van der Waals surface area contributed by atoms with Crippen LogP contribution in [0.3, 0.4) is 0 Å². The van der Waals surface area contributed by atoms with Crippen LogP contribution >= 0.6 is 0 Å². The molecule has 2 aromatic rings. The number of anilines is 2. The number of para-hydroxylation sites is 2. The van der Waals surface area contributed by atoms with E-state index in [0.717, 1.165) is 9.80 Å². The fraction of sp³-hybridized carbons (Fsp3) is 0.296. The van der Waals surface area contributed by atoms with Crippen molar-refractivity contribution in [1.82, 2.24) is 10.6 Å². The molecule has 4 amide bonds. The molecule has 2 atom stereocenters. The van der Waals surface area contributed by atoms with Gasteiger partial charge in [-0.25, -0.2) is 0 Å². The number of aliphatic hydroxyl groups is 1. The Bertz CT molecular complexity index is 1390. The molecule has 4 N–H and O–H groups in total. The van der Waals surface area contributed by atoms with Crippen LogP contribution in [0.2, 0.25) is 0 Å². The third kappa shape index (κ3) is 6.87. The number of carbonyl (C=O) groups is 7. The summed E-state index contributed by atoms with van der Waals surface area (Å²) in [7, 11) is 2.56. The molecule has 0 bridgehead atoms. The van der Waals surface area contributed by atoms with Crippen molar-refractivity contribution in [3.63, 3.8) is 0 Å². The number of methoxy groups -OCH3 is 2. The number of nitrogens with zero attached hydrogens (tertiary/aromatic N) is 2. The highest BCUT2D eigenvalue weighted by Gasteiger charge is 2.39. The highest BCUT2D eigenvalue weighted by molar-refractivity contribution is 6.44. The molecule has 42 heavy (non-hydrogen) atoms. The summed E-state index contributed by atoms with van der Waals surface area (Å²) in [6.45, 7) is -2.23. The highest BCUT2D eigenvalue weighted by Crippen LogP contribution is 2.33. The smallest absolute Gasteiger partial charge is 0.305 e. The Morgan fingerprint density at radius 1 is 1.02 bits per heavy atom. The molecule has 1 aliphatic rings. The molecule has 3 rings (SSSR count). The monoisotopic (exact) mass is 584 g/mol. The Labute approximate surface area is 239 Å². The Morgan fingerprint density at radius 3 is 2.19 bits per heavy atom. The van der Waals surface area contributed by atoms with Crippen molar-refractivity contribution >= 4 is 53.0 Å². The molecule has 2 unspecified atom stereocenters. The van der Waals surface area contributed by atoms with Crippen LogP contribution in [0.5, 0.6) is 11.5 Å². The summed E-state index contributed by atoms with van der Waals surface area (Å²) in [4.78, 5) is 89.9. The maximum Gasteiger partial charge on any atom is 0.305 e. The second-order valence-electron chi connectivity index (χ2n) is 8.88. The third-order valence-corrected chi connectivity index (χ3v) is 6.20. The molecule has 0 fully saturated rings. The van der Waals surface area contributed by atoms with Gasteiger partial charge in [-0.15, -0.1) is 0 Å². The topological polar surface area (TPSA) is 209 Å². The van der Waals surface area contributed by atoms with Gasteiger partial charge in [-0.3, -0.25) is 33.7 Å². The molecule has 0 aromatic heterocycles. The minimum atomic E-state index is -1.60. The van der Waals surface area contributed by atoms with E-state index in [2.05, 4.69) is 10.6 Å². The van der Waals surface area contributed by atoms with Crippen molar-refractivity contribution in [2.45, 2.75) is 18.5 Å². The van der Waals surface area contributed by atoms with Crippen LogP contribution in [0.4, 0.5) is 11.4 Å². The first-order chi connectivity index (χ1) is 20.1. The third-order valence-electron chi connectivity index (χ3n) is 6.20. The molecule has 1 heterocycles. The van der Waals surface area contributed by atoms with Crippen molar-refractivity contribution in [3.8, 4) is 11.5 Å². The molecule has 15 heteroatoms. The zero-order valence-electron chi connectivity index (χ0n) is 22.6. The molecule has 1 aliphatic heterocycles. The van der Waals surface area contributed by atoms with Gasteiger partial charge in [0, 0.05) is 0 Å². The van der Waals surface area contributed by atoms with Gasteiger partial charge in [0.2, 0.25) is 5.91 Å². The first kappa shape index (κ1) is 31.2. The quantitative estimate of drug-likeness (QED) is 0.134. The second-order valence-corrected chi connectivity index (χ2v) is 8.88. The fourth-order valence-corrected chi connectivity index (χ4v) is 4.31. The van der Waals surface area contributed by atoms with Crippen molar-refractivity contribution in [2.24, 2.45) is 0 Å². The zero-order chi connectivity index (χ0) is 31.0. The van der Waals surface area contributed by atoms with E-state index in [1.54, 1.807) is 0 Å². The molecule has 0 spiro atoms. The average Bonchev–Trinajstić information content (AvgIpc) is 3.09. The lowest BCUT2D eigenvalue weighted by Crippen LogP contribution is -2.56. The van der Waals surface area contributed by atoms with E-state index in [1.807, 2.05) is 0 Å². The number of carboxylic acid groups (broad SMARTS) is 1. The van der Waals surface area contributed by atoms with Gasteiger partial charge in [0.05, 0.1) is 44.6 Å². The van der Waals surface area contributed by atoms with E-state index in [4.69, 9.17) is 14.6 Å². The lowest BCUT2D eigenvalue weighted by molar-refractivity contribution is -0.139. The lowest BCUT2D eigenvalue weighted by Gasteiger charge is -2.25. The minimum absolute atomic E-state index is 0.0237. The number of amides is 4. The molecular weight excluding hydrogens is 556 g/mol. The first-order valence-electron chi connectivity index (χ1n) is 12.4. The van der Waals surface area contributed by atoms with Gasteiger partial charge in [0.1, 0.15) is 42.5 Å². The number of hydrogen-bond donors (Lipinski definition) is 4. The lowest BCUT2D eigenvalue weighted by atomic mass is 10.1. The van der Waals surface area contributed by atoms with Crippen LogP contribution in [0.15, 0.2) is 42.5 Å². The number of nitrogens with one attached hydrogen (secondary N) is 2. The number of ether oxygens (including phenoxy) is 2. The number of ketones is 1. The fourth-order valence-electron chi connectivity index (χ4n) is 4.31. The number of aldehydes is 1. The number of carbonyl (C=O) groups excluding carboxylic acids is 6. The number of Topliss-reactive ketones (excluding diaryl/α,β-unsaturated/α-hetero) is 1. The first-order valence-corrected chi connectivity index (χ1v) is 12.4. The summed E-state index contributed by atoms with van der Waals surface area (Å²) >= 11 is 0. The maximum atomic E-state index is 13.8. The molecule has 222 valence electrons. The summed E-state index contributed by atoms with van der Waals surface area (Å²) in [5.74, 6) is -6.36. The average molecular weight is 585 g/mol. The van der Waals surface area contributed by atoms with E-state index in [9.17, 15) is 38.7 Å². The van der Waals surface area contributed by atoms with Crippen LogP contribution in [-0.4, -0.2) is 97.9 Å². The van der Waals surface area contributed by atoms with E-state index in [0.29, 0.717) is 0 Å². The van der Waals surface area contributed by atoms with Gasteiger partial charge in [0.15, 0.2) is 0 Å². The van der Waals surface area contributed by atoms with Crippen molar-refractivity contribution < 1.29 is 53.2 Å². The Kier molecular flexibility index (Phi) is 10.3. The molecule has 2 aromatic carbocycles. The molecule has 0 radical (unpaired) electrons. The van der Waals surface area contributed by atoms with E-state index < -0.39 is 73.6 Å². The van der Waals surface area contributed by atoms with Crippen LogP contribution in [0.25, 0.3) is 0 Å². The predicted molar refractivity (Wildman–Crippen MR) is 144 cm³/mol. The molecule has 0 aliphatic carbocycles. The SMILES string of the molecule is COc1cccc(OC)c1C(=O)C(=O)NC1CN(C(=O)CO)c2ccccc2N(CC(=O)NC(C=O)CC(=O)O)C1=O. The Hall–Kier alpha value is -5.31. The van der Waals surface area contributed by atoms with E-state index >= 15 is 0 Å². The number of fused-ring (bicyclic) bond motifs is 1. The van der Waals surface area contributed by atoms with Crippen LogP contribution in [0.1, 0.15) is 16.8 Å². The summed E-state index contributed by atoms with van der Waals surface area (Å²) in [5.41, 5.74) is -0.0818. The number of aliphatic carboxylic acids is 1. The van der Waals surface area contributed by atoms with Gasteiger partial charge in [0.25, 0.3) is 23.5 Å². The molecule has 0 saturated carbocycles. The van der Waals surface area contributed by atoms with Crippen LogP contribution in [-0.2, 0) is 28.8 Å².